The molecule has 1 aromatic rings. The number of anilines is 1. The fourth-order valence-electron chi connectivity index (χ4n) is 3.08. The quantitative estimate of drug-likeness (QED) is 0.195. The van der Waals surface area contributed by atoms with Gasteiger partial charge in [-0.2, -0.15) is 26.3 Å². The van der Waals surface area contributed by atoms with Crippen LogP contribution in [0.25, 0.3) is 5.70 Å². The number of nitrogens with zero attached hydrogens (tertiary/aromatic N) is 2. The Balaban J connectivity index is 3.21. The monoisotopic (exact) mass is 501 g/mol. The van der Waals surface area contributed by atoms with Gasteiger partial charge in [0.25, 0.3) is 0 Å². The molecule has 11 heteroatoms. The molecule has 0 bridgehead atoms. The summed E-state index contributed by atoms with van der Waals surface area (Å²) in [4.78, 5) is 3.90. The highest BCUT2D eigenvalue weighted by molar-refractivity contribution is 7.80. The smallest absolute Gasteiger partial charge is 0.380 e. The Morgan fingerprint density at radius 3 is 2.28 bits per heavy atom. The number of thiocarbonyl (C=S) groups is 1. The van der Waals surface area contributed by atoms with E-state index in [-0.39, 0.29) is 12.2 Å². The summed E-state index contributed by atoms with van der Waals surface area (Å²) in [6.45, 7) is 10.1. The number of unbranched alkanes of at least 4 members (excludes halogenated alkanes) is 1. The zero-order valence-corrected chi connectivity index (χ0v) is 20.1. The fourth-order valence-corrected chi connectivity index (χ4v) is 4.57. The lowest BCUT2D eigenvalue weighted by atomic mass is 10.0. The van der Waals surface area contributed by atoms with E-state index >= 15 is 0 Å². The van der Waals surface area contributed by atoms with E-state index in [1.807, 2.05) is 0 Å². The van der Waals surface area contributed by atoms with E-state index in [9.17, 15) is 26.3 Å². The topological polar surface area (TPSA) is 18.5 Å². The number of thiophene rings is 1. The van der Waals surface area contributed by atoms with Gasteiger partial charge < -0.3 is 15.1 Å². The van der Waals surface area contributed by atoms with Crippen molar-refractivity contribution < 1.29 is 26.3 Å². The van der Waals surface area contributed by atoms with Gasteiger partial charge in [0.2, 0.25) is 0 Å². The molecule has 0 aliphatic carbocycles. The molecule has 0 atom stereocenters. The SMILES string of the molecule is C=CN(CCC(F)(F)F)c1sc(CCCCNC(C)=S)c(C)c1C(=C)N(C)CC(F)(F)F. The molecule has 0 fully saturated rings. The van der Waals surface area contributed by atoms with Gasteiger partial charge in [-0.1, -0.05) is 25.4 Å². The Bertz CT molecular complexity index is 799. The molecule has 1 rings (SSSR count). The number of hydrogen-bond acceptors (Lipinski definition) is 4. The molecular weight excluding hydrogens is 472 g/mol. The first-order valence-electron chi connectivity index (χ1n) is 9.96. The summed E-state index contributed by atoms with van der Waals surface area (Å²) in [7, 11) is 1.27. The lowest BCUT2D eigenvalue weighted by Crippen LogP contribution is -2.30. The van der Waals surface area contributed by atoms with Gasteiger partial charge in [-0.05, 0) is 44.9 Å². The number of hydrogen-bond donors (Lipinski definition) is 1. The van der Waals surface area contributed by atoms with Crippen LogP contribution >= 0.6 is 23.6 Å². The molecule has 0 aliphatic rings. The predicted octanol–water partition coefficient (Wildman–Crippen LogP) is 6.68. The molecule has 0 aromatic carbocycles. The zero-order valence-electron chi connectivity index (χ0n) is 18.4. The first kappa shape index (κ1) is 28.3. The van der Waals surface area contributed by atoms with Gasteiger partial charge in [0.15, 0.2) is 0 Å². The van der Waals surface area contributed by atoms with E-state index in [0.29, 0.717) is 28.5 Å². The summed E-state index contributed by atoms with van der Waals surface area (Å²) < 4.78 is 77.1. The van der Waals surface area contributed by atoms with Gasteiger partial charge in [0.1, 0.15) is 11.5 Å². The van der Waals surface area contributed by atoms with Crippen LogP contribution in [0.3, 0.4) is 0 Å². The molecule has 1 heterocycles. The highest BCUT2D eigenvalue weighted by Gasteiger charge is 2.33. The normalized spacial score (nSPS) is 11.9. The Hall–Kier alpha value is -1.75. The van der Waals surface area contributed by atoms with Crippen LogP contribution < -0.4 is 10.2 Å². The summed E-state index contributed by atoms with van der Waals surface area (Å²) >= 11 is 6.23. The minimum atomic E-state index is -4.44. The molecule has 0 saturated heterocycles. The van der Waals surface area contributed by atoms with Gasteiger partial charge in [0, 0.05) is 36.3 Å². The van der Waals surface area contributed by atoms with Crippen LogP contribution in [-0.2, 0) is 6.42 Å². The van der Waals surface area contributed by atoms with Crippen molar-refractivity contribution in [3.8, 4) is 0 Å². The molecule has 3 nitrogen and oxygen atoms in total. The standard InChI is InChI=1S/C21H29F6N3S2/c1-6-30(12-10-20(22,23)24)19-18(15(3)29(5)13-21(25,26)27)14(2)17(32-19)9-7-8-11-28-16(4)31/h6H,1,3,7-13H2,2,4-5H3,(H,28,31). The van der Waals surface area contributed by atoms with Crippen molar-refractivity contribution in [2.75, 3.05) is 31.6 Å². The second kappa shape index (κ2) is 11.9. The van der Waals surface area contributed by atoms with E-state index < -0.39 is 25.3 Å². The molecule has 182 valence electrons. The molecule has 0 aliphatic heterocycles. The third-order valence-electron chi connectivity index (χ3n) is 4.71. The molecule has 0 saturated carbocycles. The summed E-state index contributed by atoms with van der Waals surface area (Å²) in [5.41, 5.74) is 1.25. The summed E-state index contributed by atoms with van der Waals surface area (Å²) in [6.07, 6.45) is -6.35. The molecule has 32 heavy (non-hydrogen) atoms. The van der Waals surface area contributed by atoms with Gasteiger partial charge in [-0.15, -0.1) is 11.3 Å². The number of halogens is 6. The summed E-state index contributed by atoms with van der Waals surface area (Å²) in [5.74, 6) is 0. The zero-order chi connectivity index (χ0) is 24.7. The lowest BCUT2D eigenvalue weighted by Gasteiger charge is -2.27. The predicted molar refractivity (Wildman–Crippen MR) is 124 cm³/mol. The minimum Gasteiger partial charge on any atom is -0.380 e. The minimum absolute atomic E-state index is 0.106. The summed E-state index contributed by atoms with van der Waals surface area (Å²) in [6, 6.07) is 0. The second-order valence-corrected chi connectivity index (χ2v) is 9.13. The van der Waals surface area contributed by atoms with Crippen molar-refractivity contribution in [2.24, 2.45) is 0 Å². The van der Waals surface area contributed by atoms with Crippen LogP contribution in [0.1, 0.15) is 42.2 Å². The van der Waals surface area contributed by atoms with Crippen LogP contribution in [0.4, 0.5) is 31.3 Å². The maximum absolute atomic E-state index is 12.9. The number of rotatable bonds is 12. The van der Waals surface area contributed by atoms with Gasteiger partial charge in [-0.3, -0.25) is 0 Å². The molecule has 0 unspecified atom stereocenters. The van der Waals surface area contributed by atoms with Crippen LogP contribution in [0.15, 0.2) is 19.4 Å². The van der Waals surface area contributed by atoms with Crippen LogP contribution in [-0.4, -0.2) is 48.9 Å². The highest BCUT2D eigenvalue weighted by Crippen LogP contribution is 2.42. The largest absolute Gasteiger partial charge is 0.405 e. The fraction of sp³-hybridized carbons (Fsp3) is 0.571. The number of aryl methyl sites for hydroxylation is 1. The third-order valence-corrected chi connectivity index (χ3v) is 6.25. The van der Waals surface area contributed by atoms with Gasteiger partial charge in [-0.25, -0.2) is 0 Å². The van der Waals surface area contributed by atoms with E-state index in [0.717, 1.165) is 28.2 Å². The van der Waals surface area contributed by atoms with E-state index in [2.05, 4.69) is 18.5 Å². The van der Waals surface area contributed by atoms with E-state index in [1.54, 1.807) is 13.8 Å². The van der Waals surface area contributed by atoms with E-state index in [4.69, 9.17) is 12.2 Å². The average molecular weight is 502 g/mol. The molecule has 1 N–H and O–H groups in total. The Morgan fingerprint density at radius 1 is 1.16 bits per heavy atom. The van der Waals surface area contributed by atoms with Crippen LogP contribution in [0.5, 0.6) is 0 Å². The number of nitrogens with one attached hydrogen (secondary N) is 1. The van der Waals surface area contributed by atoms with Crippen molar-refractivity contribution in [1.82, 2.24) is 10.2 Å². The van der Waals surface area contributed by atoms with Crippen molar-refractivity contribution in [2.45, 2.75) is 51.9 Å². The van der Waals surface area contributed by atoms with Crippen LogP contribution in [0.2, 0.25) is 0 Å². The Morgan fingerprint density at radius 2 is 1.78 bits per heavy atom. The highest BCUT2D eigenvalue weighted by atomic mass is 32.1. The first-order chi connectivity index (χ1) is 14.7. The van der Waals surface area contributed by atoms with Crippen molar-refractivity contribution in [3.63, 3.8) is 0 Å². The molecular formula is C21H29F6N3S2. The maximum atomic E-state index is 12.9. The molecule has 1 aromatic heterocycles. The van der Waals surface area contributed by atoms with E-state index in [1.165, 1.54) is 29.5 Å². The first-order valence-corrected chi connectivity index (χ1v) is 11.2. The van der Waals surface area contributed by atoms with Crippen LogP contribution in [0, 0.1) is 6.92 Å². The van der Waals surface area contributed by atoms with Crippen molar-refractivity contribution in [3.05, 3.63) is 35.4 Å². The molecule has 0 amide bonds. The Labute approximate surface area is 194 Å². The lowest BCUT2D eigenvalue weighted by molar-refractivity contribution is -0.137. The van der Waals surface area contributed by atoms with Gasteiger partial charge >= 0.3 is 12.4 Å². The Kier molecular flexibility index (Phi) is 10.5. The molecule has 0 spiro atoms. The summed E-state index contributed by atoms with van der Waals surface area (Å²) in [5, 5.41) is 3.48. The maximum Gasteiger partial charge on any atom is 0.405 e. The third kappa shape index (κ3) is 9.40. The average Bonchev–Trinajstić information content (AvgIpc) is 2.95. The van der Waals surface area contributed by atoms with Gasteiger partial charge in [0.05, 0.1) is 11.4 Å². The second-order valence-electron chi connectivity index (χ2n) is 7.43. The number of alkyl halides is 6. The van der Waals surface area contributed by atoms with Crippen molar-refractivity contribution >= 4 is 39.2 Å². The van der Waals surface area contributed by atoms with Crippen molar-refractivity contribution in [1.29, 1.82) is 0 Å². The molecule has 0 radical (unpaired) electrons.